The van der Waals surface area contributed by atoms with Crippen molar-refractivity contribution in [1.29, 1.82) is 0 Å². The second kappa shape index (κ2) is 7.60. The van der Waals surface area contributed by atoms with E-state index in [-0.39, 0.29) is 5.91 Å². The topological polar surface area (TPSA) is 41.5 Å². The Morgan fingerprint density at radius 3 is 2.79 bits per heavy atom. The minimum atomic E-state index is -0.0904. The van der Waals surface area contributed by atoms with Gasteiger partial charge in [0.1, 0.15) is 5.17 Å². The number of unbranched alkanes of at least 4 members (excludes halogenated alkanes) is 1. The van der Waals surface area contributed by atoms with Gasteiger partial charge in [-0.15, -0.1) is 0 Å². The monoisotopic (exact) mass is 378 g/mol. The van der Waals surface area contributed by atoms with Gasteiger partial charge in [-0.3, -0.25) is 4.79 Å². The van der Waals surface area contributed by atoms with Crippen LogP contribution in [0.5, 0.6) is 0 Å². The van der Waals surface area contributed by atoms with Crippen molar-refractivity contribution in [2.45, 2.75) is 29.6 Å². The van der Waals surface area contributed by atoms with Crippen molar-refractivity contribution in [3.05, 3.63) is 52.5 Å². The number of carbonyl (C=O) groups excluding carboxylic acids is 1. The molecule has 0 aliphatic carbocycles. The molecule has 2 aromatic rings. The van der Waals surface area contributed by atoms with Gasteiger partial charge >= 0.3 is 0 Å². The van der Waals surface area contributed by atoms with Crippen LogP contribution in [0, 0.1) is 0 Å². The van der Waals surface area contributed by atoms with E-state index in [0.29, 0.717) is 28.0 Å². The number of aliphatic imine (C=N–C) groups is 1. The number of amides is 1. The van der Waals surface area contributed by atoms with Crippen LogP contribution in [-0.4, -0.2) is 17.6 Å². The smallest absolute Gasteiger partial charge is 0.251 e. The molecule has 0 saturated carbocycles. The molecule has 124 valence electrons. The Bertz CT molecular complexity index is 821. The van der Waals surface area contributed by atoms with Crippen LogP contribution in [0.15, 0.2) is 51.2 Å². The Labute approximate surface area is 155 Å². The van der Waals surface area contributed by atoms with Crippen molar-refractivity contribution in [3.63, 3.8) is 0 Å². The van der Waals surface area contributed by atoms with E-state index in [1.165, 1.54) is 0 Å². The SMILES string of the molecule is CCCCNC(=O)c1ccc2c(c1)N=C(Cl)c1ccc(Cl)cc1S2. The molecule has 1 heterocycles. The fourth-order valence-electron chi connectivity index (χ4n) is 2.35. The van der Waals surface area contributed by atoms with Crippen LogP contribution in [0.25, 0.3) is 0 Å². The zero-order valence-corrected chi connectivity index (χ0v) is 15.4. The summed E-state index contributed by atoms with van der Waals surface area (Å²) in [6.07, 6.45) is 2.01. The average Bonchev–Trinajstić information content (AvgIpc) is 2.69. The molecule has 0 aromatic heterocycles. The molecule has 24 heavy (non-hydrogen) atoms. The quantitative estimate of drug-likeness (QED) is 0.698. The summed E-state index contributed by atoms with van der Waals surface area (Å²) in [5.41, 5.74) is 2.12. The van der Waals surface area contributed by atoms with Gasteiger partial charge in [-0.2, -0.15) is 0 Å². The van der Waals surface area contributed by atoms with Crippen molar-refractivity contribution in [1.82, 2.24) is 5.32 Å². The fraction of sp³-hybridized carbons (Fsp3) is 0.222. The summed E-state index contributed by atoms with van der Waals surface area (Å²) in [7, 11) is 0. The van der Waals surface area contributed by atoms with Crippen molar-refractivity contribution in [2.24, 2.45) is 4.99 Å². The summed E-state index contributed by atoms with van der Waals surface area (Å²) in [5.74, 6) is -0.0904. The first-order valence-corrected chi connectivity index (χ1v) is 9.30. The van der Waals surface area contributed by atoms with Crippen LogP contribution in [-0.2, 0) is 0 Å². The first-order valence-electron chi connectivity index (χ1n) is 7.72. The Kier molecular flexibility index (Phi) is 5.49. The summed E-state index contributed by atoms with van der Waals surface area (Å²) in [6, 6.07) is 11.0. The van der Waals surface area contributed by atoms with E-state index < -0.39 is 0 Å². The molecule has 1 aliphatic rings. The molecular formula is C18H16Cl2N2OS. The van der Waals surface area contributed by atoms with Gasteiger partial charge in [-0.05, 0) is 42.8 Å². The molecule has 3 rings (SSSR count). The highest BCUT2D eigenvalue weighted by atomic mass is 35.5. The third-order valence-corrected chi connectivity index (χ3v) is 5.29. The van der Waals surface area contributed by atoms with Crippen LogP contribution < -0.4 is 5.32 Å². The Morgan fingerprint density at radius 1 is 1.17 bits per heavy atom. The normalized spacial score (nSPS) is 12.7. The van der Waals surface area contributed by atoms with Gasteiger partial charge in [-0.25, -0.2) is 4.99 Å². The molecule has 0 atom stereocenters. The molecular weight excluding hydrogens is 363 g/mol. The number of nitrogens with one attached hydrogen (secondary N) is 1. The molecule has 0 spiro atoms. The molecule has 3 nitrogen and oxygen atoms in total. The molecule has 0 unspecified atom stereocenters. The van der Waals surface area contributed by atoms with E-state index in [1.807, 2.05) is 24.3 Å². The van der Waals surface area contributed by atoms with Gasteiger partial charge in [0.05, 0.1) is 5.69 Å². The largest absolute Gasteiger partial charge is 0.352 e. The summed E-state index contributed by atoms with van der Waals surface area (Å²) in [4.78, 5) is 18.6. The lowest BCUT2D eigenvalue weighted by Gasteiger charge is -2.08. The first kappa shape index (κ1) is 17.3. The predicted molar refractivity (Wildman–Crippen MR) is 101 cm³/mol. The van der Waals surface area contributed by atoms with Gasteiger partial charge < -0.3 is 5.32 Å². The highest BCUT2D eigenvalue weighted by molar-refractivity contribution is 7.99. The number of halogens is 2. The maximum atomic E-state index is 12.2. The number of nitrogens with zero attached hydrogens (tertiary/aromatic N) is 1. The van der Waals surface area contributed by atoms with Gasteiger partial charge in [-0.1, -0.05) is 48.3 Å². The average molecular weight is 379 g/mol. The van der Waals surface area contributed by atoms with Crippen LogP contribution >= 0.6 is 35.0 Å². The fourth-order valence-corrected chi connectivity index (χ4v) is 3.94. The molecule has 6 heteroatoms. The Hall–Kier alpha value is -1.49. The molecule has 1 N–H and O–H groups in total. The van der Waals surface area contributed by atoms with E-state index in [1.54, 1.807) is 23.9 Å². The molecule has 0 bridgehead atoms. The number of rotatable bonds is 4. The molecule has 0 fully saturated rings. The number of benzene rings is 2. The second-order valence-electron chi connectivity index (χ2n) is 5.44. The lowest BCUT2D eigenvalue weighted by atomic mass is 10.2. The predicted octanol–water partition coefficient (Wildman–Crippen LogP) is 5.65. The van der Waals surface area contributed by atoms with E-state index in [0.717, 1.165) is 28.2 Å². The number of fused-ring (bicyclic) bond motifs is 2. The summed E-state index contributed by atoms with van der Waals surface area (Å²) in [6.45, 7) is 2.77. The van der Waals surface area contributed by atoms with Crippen LogP contribution in [0.4, 0.5) is 5.69 Å². The summed E-state index contributed by atoms with van der Waals surface area (Å²) < 4.78 is 0. The van der Waals surface area contributed by atoms with Gasteiger partial charge in [0.2, 0.25) is 0 Å². The maximum absolute atomic E-state index is 12.2. The molecule has 2 aromatic carbocycles. The van der Waals surface area contributed by atoms with Gasteiger partial charge in [0.15, 0.2) is 0 Å². The second-order valence-corrected chi connectivity index (χ2v) is 7.32. The number of hydrogen-bond acceptors (Lipinski definition) is 3. The number of hydrogen-bond donors (Lipinski definition) is 1. The summed E-state index contributed by atoms with van der Waals surface area (Å²) >= 11 is 14.0. The van der Waals surface area contributed by atoms with Crippen molar-refractivity contribution >= 4 is 51.7 Å². The molecule has 0 radical (unpaired) electrons. The lowest BCUT2D eigenvalue weighted by molar-refractivity contribution is 0.0953. The third kappa shape index (κ3) is 3.77. The summed E-state index contributed by atoms with van der Waals surface area (Å²) in [5, 5.41) is 3.97. The van der Waals surface area contributed by atoms with E-state index in [2.05, 4.69) is 17.2 Å². The standard InChI is InChI=1S/C18H16Cl2N2OS/c1-2-3-8-21-18(23)11-4-7-15-14(9-11)22-17(20)13-6-5-12(19)10-16(13)24-15/h4-7,9-10H,2-3,8H2,1H3,(H,21,23). The minimum absolute atomic E-state index is 0.0904. The van der Waals surface area contributed by atoms with Crippen molar-refractivity contribution in [2.75, 3.05) is 6.54 Å². The molecule has 1 aliphatic heterocycles. The van der Waals surface area contributed by atoms with Gasteiger partial charge in [0.25, 0.3) is 5.91 Å². The maximum Gasteiger partial charge on any atom is 0.251 e. The van der Waals surface area contributed by atoms with E-state index >= 15 is 0 Å². The Morgan fingerprint density at radius 2 is 2.00 bits per heavy atom. The van der Waals surface area contributed by atoms with Crippen LogP contribution in [0.1, 0.15) is 35.7 Å². The van der Waals surface area contributed by atoms with Crippen molar-refractivity contribution in [3.8, 4) is 0 Å². The third-order valence-electron chi connectivity index (χ3n) is 3.64. The van der Waals surface area contributed by atoms with E-state index in [4.69, 9.17) is 23.2 Å². The molecule has 1 amide bonds. The lowest BCUT2D eigenvalue weighted by Crippen LogP contribution is -2.24. The zero-order chi connectivity index (χ0) is 17.1. The zero-order valence-electron chi connectivity index (χ0n) is 13.1. The Balaban J connectivity index is 1.92. The van der Waals surface area contributed by atoms with Crippen molar-refractivity contribution < 1.29 is 4.79 Å². The van der Waals surface area contributed by atoms with Gasteiger partial charge in [0, 0.05) is 32.5 Å². The molecule has 0 saturated heterocycles. The highest BCUT2D eigenvalue weighted by Gasteiger charge is 2.18. The number of carbonyl (C=O) groups is 1. The van der Waals surface area contributed by atoms with E-state index in [9.17, 15) is 4.79 Å². The minimum Gasteiger partial charge on any atom is -0.352 e. The van der Waals surface area contributed by atoms with Crippen LogP contribution in [0.3, 0.4) is 0 Å². The highest BCUT2D eigenvalue weighted by Crippen LogP contribution is 2.42. The van der Waals surface area contributed by atoms with Crippen LogP contribution in [0.2, 0.25) is 5.02 Å². The first-order chi connectivity index (χ1) is 11.6.